The Labute approximate surface area is 156 Å². The van der Waals surface area contributed by atoms with Crippen molar-refractivity contribution in [3.8, 4) is 0 Å². The summed E-state index contributed by atoms with van der Waals surface area (Å²) in [5.41, 5.74) is 0.710. The first kappa shape index (κ1) is 18.2. The lowest BCUT2D eigenvalue weighted by molar-refractivity contribution is -0.125. The summed E-state index contributed by atoms with van der Waals surface area (Å²) in [6, 6.07) is 12.8. The molecule has 0 aromatic heterocycles. The summed E-state index contributed by atoms with van der Waals surface area (Å²) in [4.78, 5) is 31.5. The molecule has 2 atom stereocenters. The van der Waals surface area contributed by atoms with Crippen molar-refractivity contribution in [3.63, 3.8) is 0 Å². The van der Waals surface area contributed by atoms with Crippen LogP contribution in [0.3, 0.4) is 0 Å². The summed E-state index contributed by atoms with van der Waals surface area (Å²) in [6.45, 7) is 3.45. The third kappa shape index (κ3) is 3.80. The second-order valence-corrected chi connectivity index (χ2v) is 6.64. The molecule has 0 radical (unpaired) electrons. The molecule has 3 rings (SSSR count). The molecular weight excluding hydrogens is 354 g/mol. The summed E-state index contributed by atoms with van der Waals surface area (Å²) in [5, 5.41) is 8.78. The average molecular weight is 374 g/mol. The van der Waals surface area contributed by atoms with Gasteiger partial charge in [-0.1, -0.05) is 53.2 Å². The maximum Gasteiger partial charge on any atom is 0.243 e. The van der Waals surface area contributed by atoms with E-state index in [1.165, 1.54) is 11.8 Å². The molecule has 1 unspecified atom stereocenters. The van der Waals surface area contributed by atoms with Crippen molar-refractivity contribution in [2.45, 2.75) is 32.4 Å². The molecule has 0 fully saturated rings. The van der Waals surface area contributed by atoms with E-state index in [1.54, 1.807) is 6.92 Å². The van der Waals surface area contributed by atoms with E-state index in [9.17, 15) is 9.59 Å². The summed E-state index contributed by atoms with van der Waals surface area (Å²) in [7, 11) is 0. The molecule has 6 nitrogen and oxygen atoms in total. The Morgan fingerprint density at radius 1 is 1.31 bits per heavy atom. The molecule has 0 aliphatic carbocycles. The van der Waals surface area contributed by atoms with Crippen molar-refractivity contribution in [2.75, 3.05) is 11.4 Å². The van der Waals surface area contributed by atoms with Crippen LogP contribution in [0.25, 0.3) is 10.8 Å². The highest BCUT2D eigenvalue weighted by Gasteiger charge is 2.28. The quantitative estimate of drug-likeness (QED) is 0.875. The normalized spacial score (nSPS) is 17.3. The lowest BCUT2D eigenvalue weighted by atomic mass is 10.1. The highest BCUT2D eigenvalue weighted by Crippen LogP contribution is 2.28. The topological polar surface area (TPSA) is 71.0 Å². The number of halogens is 1. The number of anilines is 1. The fourth-order valence-corrected chi connectivity index (χ4v) is 3.26. The van der Waals surface area contributed by atoms with Gasteiger partial charge in [-0.15, -0.1) is 0 Å². The monoisotopic (exact) mass is 373 g/mol. The summed E-state index contributed by atoms with van der Waals surface area (Å²) < 4.78 is 0. The molecule has 7 heteroatoms. The predicted octanol–water partition coefficient (Wildman–Crippen LogP) is 3.04. The zero-order chi connectivity index (χ0) is 18.7. The fraction of sp³-hybridized carbons (Fsp3) is 0.316. The van der Waals surface area contributed by atoms with Gasteiger partial charge in [-0.05, 0) is 18.4 Å². The van der Waals surface area contributed by atoms with Gasteiger partial charge in [0.05, 0.1) is 12.2 Å². The van der Waals surface area contributed by atoms with Crippen LogP contribution in [0, 0.1) is 0 Å². The molecule has 1 aliphatic rings. The van der Waals surface area contributed by atoms with Crippen molar-refractivity contribution in [1.29, 1.82) is 0 Å². The van der Waals surface area contributed by atoms with Gasteiger partial charge in [0.2, 0.25) is 11.8 Å². The molecule has 136 valence electrons. The minimum atomic E-state index is -0.670. The van der Waals surface area contributed by atoms with Crippen LogP contribution in [0.4, 0.5) is 5.69 Å². The molecule has 1 aliphatic heterocycles. The number of nitrogens with one attached hydrogen (secondary N) is 1. The molecule has 2 aromatic rings. The lowest BCUT2D eigenvalue weighted by Crippen LogP contribution is -2.49. The third-order valence-corrected chi connectivity index (χ3v) is 4.56. The van der Waals surface area contributed by atoms with Gasteiger partial charge in [-0.25, -0.2) is 0 Å². The largest absolute Gasteiger partial charge is 0.389 e. The van der Waals surface area contributed by atoms with Gasteiger partial charge < -0.3 is 10.2 Å². The Morgan fingerprint density at radius 3 is 2.73 bits per heavy atom. The van der Waals surface area contributed by atoms with E-state index in [4.69, 9.17) is 16.4 Å². The number of nitrogens with zero attached hydrogens (tertiary/aromatic N) is 2. The van der Waals surface area contributed by atoms with E-state index in [2.05, 4.69) is 10.5 Å². The first-order valence-electron chi connectivity index (χ1n) is 8.41. The Kier molecular flexibility index (Phi) is 5.42. The SMILES string of the molecule is CC(=O)N(c1cccc2ccccc12)[C@@H](C)C(=O)NCC1CC(Cl)=NO1. The number of benzene rings is 2. The van der Waals surface area contributed by atoms with Crippen LogP contribution in [-0.2, 0) is 14.4 Å². The van der Waals surface area contributed by atoms with Crippen LogP contribution >= 0.6 is 11.6 Å². The van der Waals surface area contributed by atoms with Gasteiger partial charge in [0.25, 0.3) is 0 Å². The Bertz CT molecular complexity index is 863. The Hall–Kier alpha value is -2.60. The molecule has 2 aromatic carbocycles. The molecule has 0 bridgehead atoms. The summed E-state index contributed by atoms with van der Waals surface area (Å²) in [5.74, 6) is -0.466. The van der Waals surface area contributed by atoms with E-state index in [0.717, 1.165) is 10.8 Å². The average Bonchev–Trinajstić information content (AvgIpc) is 3.05. The maximum absolute atomic E-state index is 12.6. The fourth-order valence-electron chi connectivity index (χ4n) is 3.05. The van der Waals surface area contributed by atoms with Crippen LogP contribution in [0.5, 0.6) is 0 Å². The van der Waals surface area contributed by atoms with E-state index in [-0.39, 0.29) is 24.5 Å². The third-order valence-electron chi connectivity index (χ3n) is 4.33. The van der Waals surface area contributed by atoms with Crippen LogP contribution in [-0.4, -0.2) is 35.7 Å². The number of hydrogen-bond acceptors (Lipinski definition) is 4. The Morgan fingerprint density at radius 2 is 2.04 bits per heavy atom. The number of rotatable bonds is 5. The van der Waals surface area contributed by atoms with Crippen molar-refractivity contribution in [3.05, 3.63) is 42.5 Å². The smallest absolute Gasteiger partial charge is 0.243 e. The zero-order valence-electron chi connectivity index (χ0n) is 14.6. The molecule has 0 saturated heterocycles. The number of hydrogen-bond donors (Lipinski definition) is 1. The van der Waals surface area contributed by atoms with Crippen LogP contribution < -0.4 is 10.2 Å². The molecule has 26 heavy (non-hydrogen) atoms. The second kappa shape index (κ2) is 7.74. The van der Waals surface area contributed by atoms with E-state index < -0.39 is 6.04 Å². The van der Waals surface area contributed by atoms with Crippen LogP contribution in [0.2, 0.25) is 0 Å². The van der Waals surface area contributed by atoms with E-state index >= 15 is 0 Å². The standard InChI is InChI=1S/C19H20ClN3O3/c1-12(19(25)21-11-15-10-18(20)22-26-15)23(13(2)24)17-9-5-7-14-6-3-4-8-16(14)17/h3-9,12,15H,10-11H2,1-2H3,(H,21,25)/t12-,15?/m0/s1. The number of carbonyl (C=O) groups is 2. The second-order valence-electron chi connectivity index (χ2n) is 6.21. The number of oxime groups is 1. The predicted molar refractivity (Wildman–Crippen MR) is 102 cm³/mol. The van der Waals surface area contributed by atoms with Gasteiger partial charge in [0.1, 0.15) is 11.2 Å². The molecule has 0 spiro atoms. The molecular formula is C19H20ClN3O3. The lowest BCUT2D eigenvalue weighted by Gasteiger charge is -2.28. The van der Waals surface area contributed by atoms with E-state index in [0.29, 0.717) is 17.3 Å². The van der Waals surface area contributed by atoms with Crippen molar-refractivity contribution < 1.29 is 14.4 Å². The summed E-state index contributed by atoms with van der Waals surface area (Å²) >= 11 is 5.77. The molecule has 1 heterocycles. The van der Waals surface area contributed by atoms with Gasteiger partial charge >= 0.3 is 0 Å². The van der Waals surface area contributed by atoms with Gasteiger partial charge in [-0.2, -0.15) is 0 Å². The molecule has 1 N–H and O–H groups in total. The van der Waals surface area contributed by atoms with Crippen molar-refractivity contribution in [1.82, 2.24) is 5.32 Å². The van der Waals surface area contributed by atoms with E-state index in [1.807, 2.05) is 42.5 Å². The van der Waals surface area contributed by atoms with Crippen molar-refractivity contribution in [2.24, 2.45) is 5.16 Å². The highest BCUT2D eigenvalue weighted by molar-refractivity contribution is 6.65. The van der Waals surface area contributed by atoms with Gasteiger partial charge in [0, 0.05) is 18.7 Å². The molecule has 2 amide bonds. The first-order chi connectivity index (χ1) is 12.5. The minimum Gasteiger partial charge on any atom is -0.389 e. The van der Waals surface area contributed by atoms with Crippen molar-refractivity contribution >= 4 is 45.0 Å². The molecule has 0 saturated carbocycles. The number of amides is 2. The minimum absolute atomic E-state index is 0.201. The van der Waals surface area contributed by atoms with Gasteiger partial charge in [-0.3, -0.25) is 14.5 Å². The van der Waals surface area contributed by atoms with Gasteiger partial charge in [0.15, 0.2) is 6.10 Å². The first-order valence-corrected chi connectivity index (χ1v) is 8.78. The maximum atomic E-state index is 12.6. The zero-order valence-corrected chi connectivity index (χ0v) is 15.4. The highest BCUT2D eigenvalue weighted by atomic mass is 35.5. The summed E-state index contributed by atoms with van der Waals surface area (Å²) in [6.07, 6.45) is 0.192. The van der Waals surface area contributed by atoms with Crippen LogP contribution in [0.1, 0.15) is 20.3 Å². The number of fused-ring (bicyclic) bond motifs is 1. The Balaban J connectivity index is 1.78. The van der Waals surface area contributed by atoms with Crippen LogP contribution in [0.15, 0.2) is 47.6 Å². The number of carbonyl (C=O) groups excluding carboxylic acids is 2.